The van der Waals surface area contributed by atoms with Crippen LogP contribution in [0.3, 0.4) is 0 Å². The van der Waals surface area contributed by atoms with Gasteiger partial charge in [-0.2, -0.15) is 0 Å². The number of carbonyl (C=O) groups is 2. The number of amides is 1. The lowest BCUT2D eigenvalue weighted by Gasteiger charge is -2.24. The first-order valence-corrected chi connectivity index (χ1v) is 6.11. The molecule has 0 radical (unpaired) electrons. The maximum atomic E-state index is 11.8. The Morgan fingerprint density at radius 1 is 1.69 bits per heavy atom. The van der Waals surface area contributed by atoms with E-state index in [1.807, 2.05) is 24.4 Å². The minimum Gasteiger partial charge on any atom is -0.481 e. The zero-order chi connectivity index (χ0) is 11.7. The standard InChI is InChI=1S/C11H13NO3S/c1-2-8-7(11(14)15)6-9(13)12(8)10-4-3-5-16-10/h3-5,7-8H,2,6H2,1H3,(H,14,15)/t7-,8+/m0/s1. The molecule has 0 saturated carbocycles. The van der Waals surface area contributed by atoms with Gasteiger partial charge in [0.2, 0.25) is 5.91 Å². The lowest BCUT2D eigenvalue weighted by atomic mass is 9.99. The molecule has 0 aromatic carbocycles. The number of carboxylic acids is 1. The minimum absolute atomic E-state index is 0.0818. The van der Waals surface area contributed by atoms with E-state index in [-0.39, 0.29) is 18.4 Å². The summed E-state index contributed by atoms with van der Waals surface area (Å²) in [5, 5.41) is 11.8. The van der Waals surface area contributed by atoms with Gasteiger partial charge in [-0.3, -0.25) is 14.5 Å². The van der Waals surface area contributed by atoms with Crippen molar-refractivity contribution in [3.8, 4) is 0 Å². The number of hydrogen-bond acceptors (Lipinski definition) is 3. The van der Waals surface area contributed by atoms with Gasteiger partial charge in [-0.15, -0.1) is 11.3 Å². The van der Waals surface area contributed by atoms with Gasteiger partial charge in [0.05, 0.1) is 17.0 Å². The van der Waals surface area contributed by atoms with Crippen molar-refractivity contribution in [3.63, 3.8) is 0 Å². The number of anilines is 1. The largest absolute Gasteiger partial charge is 0.481 e. The molecule has 2 rings (SSSR count). The zero-order valence-corrected chi connectivity index (χ0v) is 9.74. The average molecular weight is 239 g/mol. The van der Waals surface area contributed by atoms with Crippen molar-refractivity contribution in [1.82, 2.24) is 0 Å². The van der Waals surface area contributed by atoms with Crippen LogP contribution in [0.25, 0.3) is 0 Å². The van der Waals surface area contributed by atoms with Gasteiger partial charge in [0.15, 0.2) is 0 Å². The van der Waals surface area contributed by atoms with Gasteiger partial charge in [-0.25, -0.2) is 0 Å². The van der Waals surface area contributed by atoms with Gasteiger partial charge in [-0.1, -0.05) is 6.92 Å². The second-order valence-electron chi connectivity index (χ2n) is 3.84. The van der Waals surface area contributed by atoms with Crippen molar-refractivity contribution >= 4 is 28.2 Å². The predicted octanol–water partition coefficient (Wildman–Crippen LogP) is 1.96. The SMILES string of the molecule is CC[C@@H]1[C@@H](C(=O)O)CC(=O)N1c1cccs1. The summed E-state index contributed by atoms with van der Waals surface area (Å²) >= 11 is 1.47. The van der Waals surface area contributed by atoms with Crippen LogP contribution in [0.2, 0.25) is 0 Å². The summed E-state index contributed by atoms with van der Waals surface area (Å²) < 4.78 is 0. The summed E-state index contributed by atoms with van der Waals surface area (Å²) in [5.41, 5.74) is 0. The summed E-state index contributed by atoms with van der Waals surface area (Å²) in [6, 6.07) is 3.52. The number of hydrogen-bond donors (Lipinski definition) is 1. The predicted molar refractivity (Wildman–Crippen MR) is 61.6 cm³/mol. The molecule has 1 fully saturated rings. The molecule has 86 valence electrons. The van der Waals surface area contributed by atoms with Crippen LogP contribution in [0.4, 0.5) is 5.00 Å². The molecule has 1 amide bonds. The first-order chi connectivity index (χ1) is 7.65. The van der Waals surface area contributed by atoms with Crippen molar-refractivity contribution < 1.29 is 14.7 Å². The van der Waals surface area contributed by atoms with Crippen LogP contribution in [0, 0.1) is 5.92 Å². The van der Waals surface area contributed by atoms with Crippen LogP contribution >= 0.6 is 11.3 Å². The summed E-state index contributed by atoms with van der Waals surface area (Å²) in [6.45, 7) is 1.92. The highest BCUT2D eigenvalue weighted by Gasteiger charge is 2.43. The van der Waals surface area contributed by atoms with E-state index in [1.165, 1.54) is 11.3 Å². The Labute approximate surface area is 97.5 Å². The van der Waals surface area contributed by atoms with Crippen molar-refractivity contribution in [2.75, 3.05) is 4.90 Å². The van der Waals surface area contributed by atoms with Gasteiger partial charge < -0.3 is 5.11 Å². The summed E-state index contributed by atoms with van der Waals surface area (Å²) in [4.78, 5) is 24.5. The van der Waals surface area contributed by atoms with Crippen LogP contribution in [-0.2, 0) is 9.59 Å². The van der Waals surface area contributed by atoms with E-state index in [1.54, 1.807) is 4.90 Å². The fourth-order valence-electron chi connectivity index (χ4n) is 2.20. The third-order valence-electron chi connectivity index (χ3n) is 2.94. The Hall–Kier alpha value is -1.36. The topological polar surface area (TPSA) is 57.6 Å². The van der Waals surface area contributed by atoms with Gasteiger partial charge in [0.1, 0.15) is 0 Å². The molecule has 16 heavy (non-hydrogen) atoms. The van der Waals surface area contributed by atoms with E-state index in [4.69, 9.17) is 5.11 Å². The number of carbonyl (C=O) groups excluding carboxylic acids is 1. The minimum atomic E-state index is -0.876. The first kappa shape index (κ1) is 11.1. The van der Waals surface area contributed by atoms with E-state index in [0.29, 0.717) is 6.42 Å². The molecule has 0 spiro atoms. The third-order valence-corrected chi connectivity index (χ3v) is 3.81. The second-order valence-corrected chi connectivity index (χ2v) is 4.77. The van der Waals surface area contributed by atoms with Crippen LogP contribution in [0.15, 0.2) is 17.5 Å². The van der Waals surface area contributed by atoms with Crippen molar-refractivity contribution in [2.45, 2.75) is 25.8 Å². The highest BCUT2D eigenvalue weighted by Crippen LogP contribution is 2.35. The Bertz CT molecular complexity index is 401. The first-order valence-electron chi connectivity index (χ1n) is 5.23. The molecule has 1 aliphatic rings. The molecule has 0 aliphatic carbocycles. The number of thiophene rings is 1. The fraction of sp³-hybridized carbons (Fsp3) is 0.455. The summed E-state index contributed by atoms with van der Waals surface area (Å²) in [6.07, 6.45) is 0.784. The lowest BCUT2D eigenvalue weighted by molar-refractivity contribution is -0.142. The molecule has 2 atom stereocenters. The molecule has 1 aromatic rings. The van der Waals surface area contributed by atoms with Gasteiger partial charge in [0.25, 0.3) is 0 Å². The molecular formula is C11H13NO3S. The second kappa shape index (κ2) is 4.25. The summed E-state index contributed by atoms with van der Waals surface area (Å²) in [7, 11) is 0. The maximum absolute atomic E-state index is 11.8. The third kappa shape index (κ3) is 1.71. The molecule has 1 saturated heterocycles. The molecule has 0 unspecified atom stereocenters. The van der Waals surface area contributed by atoms with Crippen molar-refractivity contribution in [1.29, 1.82) is 0 Å². The van der Waals surface area contributed by atoms with Gasteiger partial charge >= 0.3 is 5.97 Å². The van der Waals surface area contributed by atoms with Crippen LogP contribution < -0.4 is 4.90 Å². The van der Waals surface area contributed by atoms with Crippen molar-refractivity contribution in [3.05, 3.63) is 17.5 Å². The number of carboxylic acid groups (broad SMARTS) is 1. The Kier molecular flexibility index (Phi) is 2.96. The van der Waals surface area contributed by atoms with Gasteiger partial charge in [0, 0.05) is 6.42 Å². The molecular weight excluding hydrogens is 226 g/mol. The molecule has 1 aliphatic heterocycles. The van der Waals surface area contributed by atoms with Crippen molar-refractivity contribution in [2.24, 2.45) is 5.92 Å². The van der Waals surface area contributed by atoms with E-state index < -0.39 is 11.9 Å². The Morgan fingerprint density at radius 3 is 2.94 bits per heavy atom. The quantitative estimate of drug-likeness (QED) is 0.877. The molecule has 5 heteroatoms. The highest BCUT2D eigenvalue weighted by molar-refractivity contribution is 7.14. The zero-order valence-electron chi connectivity index (χ0n) is 8.92. The highest BCUT2D eigenvalue weighted by atomic mass is 32.1. The lowest BCUT2D eigenvalue weighted by Crippen LogP contribution is -2.36. The Morgan fingerprint density at radius 2 is 2.44 bits per heavy atom. The molecule has 2 heterocycles. The van der Waals surface area contributed by atoms with E-state index in [9.17, 15) is 9.59 Å². The number of nitrogens with zero attached hydrogens (tertiary/aromatic N) is 1. The average Bonchev–Trinajstić information content (AvgIpc) is 2.83. The molecule has 1 N–H and O–H groups in total. The maximum Gasteiger partial charge on any atom is 0.309 e. The van der Waals surface area contributed by atoms with Crippen LogP contribution in [0.5, 0.6) is 0 Å². The normalized spacial score (nSPS) is 25.1. The molecule has 4 nitrogen and oxygen atoms in total. The van der Waals surface area contributed by atoms with Crippen LogP contribution in [0.1, 0.15) is 19.8 Å². The summed E-state index contributed by atoms with van der Waals surface area (Å²) in [5.74, 6) is -1.53. The van der Waals surface area contributed by atoms with E-state index in [0.717, 1.165) is 5.00 Å². The fourth-order valence-corrected chi connectivity index (χ4v) is 3.00. The molecule has 1 aromatic heterocycles. The number of rotatable bonds is 3. The van der Waals surface area contributed by atoms with E-state index in [2.05, 4.69) is 0 Å². The monoisotopic (exact) mass is 239 g/mol. The van der Waals surface area contributed by atoms with Crippen LogP contribution in [-0.4, -0.2) is 23.0 Å². The van der Waals surface area contributed by atoms with Gasteiger partial charge in [-0.05, 0) is 23.9 Å². The molecule has 0 bridgehead atoms. The smallest absolute Gasteiger partial charge is 0.309 e. The Balaban J connectivity index is 2.31. The van der Waals surface area contributed by atoms with E-state index >= 15 is 0 Å². The number of aliphatic carboxylic acids is 1.